The van der Waals surface area contributed by atoms with Crippen LogP contribution in [0, 0.1) is 0 Å². The molecule has 2 rings (SSSR count). The molecule has 0 fully saturated rings. The molecule has 0 atom stereocenters. The molecule has 0 aliphatic rings. The van der Waals surface area contributed by atoms with Gasteiger partial charge in [-0.2, -0.15) is 10.2 Å². The number of ether oxygens (including phenoxy) is 1. The van der Waals surface area contributed by atoms with E-state index in [0.717, 1.165) is 42.8 Å². The Morgan fingerprint density at radius 2 is 1.38 bits per heavy atom. The smallest absolute Gasteiger partial charge is 0.494 e. The first kappa shape index (κ1) is 30.9. The van der Waals surface area contributed by atoms with Crippen molar-refractivity contribution in [1.82, 2.24) is 5.32 Å². The number of halogens is 1. The number of carbonyl (C=O) groups is 1. The first-order valence-electron chi connectivity index (χ1n) is 13.1. The van der Waals surface area contributed by atoms with Crippen LogP contribution in [0.25, 0.3) is 0 Å². The Bertz CT molecular complexity index is 912. The summed E-state index contributed by atoms with van der Waals surface area (Å²) >= 11 is 5.88. The van der Waals surface area contributed by atoms with Crippen LogP contribution in [0.3, 0.4) is 0 Å². The first-order chi connectivity index (χ1) is 18.0. The maximum absolute atomic E-state index is 12.1. The summed E-state index contributed by atoms with van der Waals surface area (Å²) < 4.78 is 23.3. The van der Waals surface area contributed by atoms with E-state index in [2.05, 4.69) is 15.5 Å². The lowest BCUT2D eigenvalue weighted by Crippen LogP contribution is -2.46. The Kier molecular flexibility index (Phi) is 15.1. The van der Waals surface area contributed by atoms with Crippen molar-refractivity contribution in [3.8, 4) is 5.75 Å². The van der Waals surface area contributed by atoms with Gasteiger partial charge in [-0.3, -0.25) is 4.79 Å². The quantitative estimate of drug-likeness (QED) is 0.113. The molecule has 0 bridgehead atoms. The molecule has 37 heavy (non-hydrogen) atoms. The van der Waals surface area contributed by atoms with Gasteiger partial charge in [0.15, 0.2) is 0 Å². The van der Waals surface area contributed by atoms with Crippen LogP contribution in [0.4, 0.5) is 11.4 Å². The Morgan fingerprint density at radius 3 is 1.95 bits per heavy atom. The summed E-state index contributed by atoms with van der Waals surface area (Å²) in [5.41, 5.74) is 1.49. The van der Waals surface area contributed by atoms with E-state index >= 15 is 0 Å². The maximum atomic E-state index is 12.1. The fraction of sp³-hybridized carbons (Fsp3) is 0.519. The van der Waals surface area contributed by atoms with Crippen LogP contribution < -0.4 is 10.1 Å². The molecule has 2 aromatic rings. The SMILES string of the molecule is CCO[Si](CCCNC(=O)CCCCCOc1ccc(N=Nc2ccc(Cl)cc2)cc1)(OCC)OCC. The summed E-state index contributed by atoms with van der Waals surface area (Å²) in [5, 5.41) is 12.1. The number of unbranched alkanes of at least 4 members (excludes halogenated alkanes) is 2. The lowest BCUT2D eigenvalue weighted by molar-refractivity contribution is -0.121. The van der Waals surface area contributed by atoms with Gasteiger partial charge in [0.25, 0.3) is 0 Å². The van der Waals surface area contributed by atoms with Gasteiger partial charge in [-0.15, -0.1) is 0 Å². The zero-order chi connectivity index (χ0) is 26.8. The lowest BCUT2D eigenvalue weighted by Gasteiger charge is -2.28. The van der Waals surface area contributed by atoms with Crippen molar-refractivity contribution in [2.24, 2.45) is 10.2 Å². The lowest BCUT2D eigenvalue weighted by atomic mass is 10.2. The second-order valence-corrected chi connectivity index (χ2v) is 11.4. The monoisotopic (exact) mass is 549 g/mol. The molecule has 0 aliphatic carbocycles. The summed E-state index contributed by atoms with van der Waals surface area (Å²) in [6.45, 7) is 8.72. The molecule has 0 aromatic heterocycles. The number of hydrogen-bond donors (Lipinski definition) is 1. The second-order valence-electron chi connectivity index (χ2n) is 8.26. The van der Waals surface area contributed by atoms with Gasteiger partial charge in [0.05, 0.1) is 18.0 Å². The summed E-state index contributed by atoms with van der Waals surface area (Å²) in [7, 11) is -2.64. The van der Waals surface area contributed by atoms with E-state index in [1.807, 2.05) is 57.2 Å². The number of nitrogens with one attached hydrogen (secondary N) is 1. The van der Waals surface area contributed by atoms with E-state index in [1.165, 1.54) is 0 Å². The molecule has 0 radical (unpaired) electrons. The van der Waals surface area contributed by atoms with Crippen molar-refractivity contribution in [1.29, 1.82) is 0 Å². The molecule has 0 aliphatic heterocycles. The molecular formula is C27H40ClN3O5Si. The van der Waals surface area contributed by atoms with Crippen LogP contribution in [0.15, 0.2) is 58.8 Å². The fourth-order valence-electron chi connectivity index (χ4n) is 3.61. The second kappa shape index (κ2) is 18.0. The van der Waals surface area contributed by atoms with Gasteiger partial charge in [-0.1, -0.05) is 11.6 Å². The molecule has 1 amide bonds. The van der Waals surface area contributed by atoms with E-state index in [9.17, 15) is 4.79 Å². The van der Waals surface area contributed by atoms with Crippen molar-refractivity contribution in [3.05, 3.63) is 53.6 Å². The van der Waals surface area contributed by atoms with Crippen molar-refractivity contribution < 1.29 is 22.8 Å². The highest BCUT2D eigenvalue weighted by Crippen LogP contribution is 2.23. The van der Waals surface area contributed by atoms with Gasteiger partial charge < -0.3 is 23.3 Å². The van der Waals surface area contributed by atoms with E-state index in [-0.39, 0.29) is 5.91 Å². The number of azo groups is 1. The van der Waals surface area contributed by atoms with Crippen LogP contribution in [-0.2, 0) is 18.1 Å². The van der Waals surface area contributed by atoms with Gasteiger partial charge in [0.1, 0.15) is 5.75 Å². The van der Waals surface area contributed by atoms with Gasteiger partial charge in [-0.25, -0.2) is 0 Å². The number of nitrogens with zero attached hydrogens (tertiary/aromatic N) is 2. The predicted octanol–water partition coefficient (Wildman–Crippen LogP) is 7.25. The summed E-state index contributed by atoms with van der Waals surface area (Å²) in [5.74, 6) is 0.856. The first-order valence-corrected chi connectivity index (χ1v) is 15.4. The van der Waals surface area contributed by atoms with Crippen molar-refractivity contribution in [2.75, 3.05) is 33.0 Å². The molecule has 10 heteroatoms. The Hall–Kier alpha value is -2.30. The highest BCUT2D eigenvalue weighted by molar-refractivity contribution is 6.60. The van der Waals surface area contributed by atoms with Gasteiger partial charge in [0, 0.05) is 43.9 Å². The number of hydrogen-bond acceptors (Lipinski definition) is 7. The molecule has 0 heterocycles. The van der Waals surface area contributed by atoms with Gasteiger partial charge >= 0.3 is 8.80 Å². The van der Waals surface area contributed by atoms with Crippen molar-refractivity contribution in [2.45, 2.75) is 58.9 Å². The zero-order valence-electron chi connectivity index (χ0n) is 22.2. The van der Waals surface area contributed by atoms with Gasteiger partial charge in [-0.05, 0) is 95.0 Å². The topological polar surface area (TPSA) is 90.7 Å². The molecule has 0 saturated heterocycles. The Balaban J connectivity index is 1.56. The van der Waals surface area contributed by atoms with E-state index in [0.29, 0.717) is 50.5 Å². The summed E-state index contributed by atoms with van der Waals surface area (Å²) in [4.78, 5) is 12.1. The third-order valence-electron chi connectivity index (χ3n) is 5.34. The van der Waals surface area contributed by atoms with E-state index < -0.39 is 8.80 Å². The van der Waals surface area contributed by atoms with Crippen LogP contribution in [-0.4, -0.2) is 47.7 Å². The van der Waals surface area contributed by atoms with Crippen molar-refractivity contribution >= 4 is 37.7 Å². The standard InChI is InChI=1S/C27H40ClN3O5Si/c1-4-34-37(35-5-2,36-6-3)22-10-20-29-27(32)11-8-7-9-21-33-26-18-16-25(17-19-26)31-30-24-14-12-23(28)13-15-24/h12-19H,4-11,20-22H2,1-3H3,(H,29,32). The third kappa shape index (κ3) is 12.7. The molecule has 0 spiro atoms. The van der Waals surface area contributed by atoms with Crippen LogP contribution in [0.1, 0.15) is 52.9 Å². The largest absolute Gasteiger partial charge is 0.500 e. The Labute approximate surface area is 227 Å². The Morgan fingerprint density at radius 1 is 0.811 bits per heavy atom. The predicted molar refractivity (Wildman–Crippen MR) is 149 cm³/mol. The minimum atomic E-state index is -2.64. The fourth-order valence-corrected chi connectivity index (χ4v) is 6.35. The van der Waals surface area contributed by atoms with Crippen molar-refractivity contribution in [3.63, 3.8) is 0 Å². The average Bonchev–Trinajstić information content (AvgIpc) is 2.89. The number of benzene rings is 2. The molecule has 0 saturated carbocycles. The summed E-state index contributed by atoms with van der Waals surface area (Å²) in [6.07, 6.45) is 3.92. The van der Waals surface area contributed by atoms with Crippen LogP contribution >= 0.6 is 11.6 Å². The molecule has 8 nitrogen and oxygen atoms in total. The number of rotatable bonds is 19. The highest BCUT2D eigenvalue weighted by Gasteiger charge is 2.39. The minimum absolute atomic E-state index is 0.0702. The molecule has 1 N–H and O–H groups in total. The van der Waals surface area contributed by atoms with Crippen LogP contribution in [0.2, 0.25) is 11.1 Å². The average molecular weight is 550 g/mol. The van der Waals surface area contributed by atoms with Crippen LogP contribution in [0.5, 0.6) is 5.75 Å². The van der Waals surface area contributed by atoms with E-state index in [1.54, 1.807) is 12.1 Å². The molecule has 0 unspecified atom stereocenters. The maximum Gasteiger partial charge on any atom is 0.500 e. The normalized spacial score (nSPS) is 11.7. The third-order valence-corrected chi connectivity index (χ3v) is 8.74. The molecule has 2 aromatic carbocycles. The zero-order valence-corrected chi connectivity index (χ0v) is 24.0. The van der Waals surface area contributed by atoms with Gasteiger partial charge in [0.2, 0.25) is 5.91 Å². The number of amides is 1. The highest BCUT2D eigenvalue weighted by atomic mass is 35.5. The van der Waals surface area contributed by atoms with E-state index in [4.69, 9.17) is 29.6 Å². The molecule has 204 valence electrons. The molecular weight excluding hydrogens is 510 g/mol. The minimum Gasteiger partial charge on any atom is -0.494 e. The summed E-state index contributed by atoms with van der Waals surface area (Å²) in [6, 6.07) is 15.4. The number of carbonyl (C=O) groups excluding carboxylic acids is 1.